The van der Waals surface area contributed by atoms with E-state index in [-0.39, 0.29) is 0 Å². The molecule has 1 unspecified atom stereocenters. The van der Waals surface area contributed by atoms with Gasteiger partial charge < -0.3 is 15.4 Å². The first kappa shape index (κ1) is 14.9. The van der Waals surface area contributed by atoms with Crippen LogP contribution in [0.4, 0.5) is 5.82 Å². The van der Waals surface area contributed by atoms with Crippen LogP contribution in [-0.2, 0) is 11.3 Å². The molecule has 0 amide bonds. The van der Waals surface area contributed by atoms with E-state index in [4.69, 9.17) is 10.5 Å². The average Bonchev–Trinajstić information content (AvgIpc) is 2.29. The number of nitrogens with zero attached hydrogens (tertiary/aromatic N) is 2. The lowest BCUT2D eigenvalue weighted by atomic mass is 10.1. The molecule has 1 heterocycles. The second kappa shape index (κ2) is 6.71. The number of anilines is 1. The highest BCUT2D eigenvalue weighted by molar-refractivity contribution is 5.52. The van der Waals surface area contributed by atoms with E-state index >= 15 is 0 Å². The Kier molecular flexibility index (Phi) is 5.56. The van der Waals surface area contributed by atoms with E-state index in [2.05, 4.69) is 36.7 Å². The standard InChI is InChI=1S/C14H25N3O/c1-6-17(12(4)9-18-5)14-13(8-15)10(2)7-11(3)16-14/h7,12H,6,8-9,15H2,1-5H3. The Balaban J connectivity index is 3.19. The van der Waals surface area contributed by atoms with Gasteiger partial charge in [0.1, 0.15) is 5.82 Å². The fourth-order valence-electron chi connectivity index (χ4n) is 2.33. The average molecular weight is 251 g/mol. The van der Waals surface area contributed by atoms with E-state index in [1.54, 1.807) is 7.11 Å². The van der Waals surface area contributed by atoms with Gasteiger partial charge in [0.15, 0.2) is 0 Å². The molecule has 4 heteroatoms. The first-order valence-electron chi connectivity index (χ1n) is 6.47. The van der Waals surface area contributed by atoms with Crippen LogP contribution in [0.3, 0.4) is 0 Å². The van der Waals surface area contributed by atoms with Crippen molar-refractivity contribution < 1.29 is 4.74 Å². The highest BCUT2D eigenvalue weighted by Crippen LogP contribution is 2.23. The summed E-state index contributed by atoms with van der Waals surface area (Å²) in [5.41, 5.74) is 9.24. The number of hydrogen-bond donors (Lipinski definition) is 1. The number of aryl methyl sites for hydroxylation is 2. The molecule has 0 saturated carbocycles. The molecular formula is C14H25N3O. The van der Waals surface area contributed by atoms with Gasteiger partial charge in [-0.3, -0.25) is 0 Å². The molecule has 1 rings (SSSR count). The van der Waals surface area contributed by atoms with Crippen molar-refractivity contribution in [3.05, 3.63) is 22.9 Å². The zero-order valence-corrected chi connectivity index (χ0v) is 12.2. The van der Waals surface area contributed by atoms with E-state index in [9.17, 15) is 0 Å². The minimum atomic E-state index is 0.291. The van der Waals surface area contributed by atoms with Gasteiger partial charge in [0.2, 0.25) is 0 Å². The molecule has 1 aromatic heterocycles. The van der Waals surface area contributed by atoms with Gasteiger partial charge in [0, 0.05) is 31.5 Å². The number of rotatable bonds is 6. The lowest BCUT2D eigenvalue weighted by Crippen LogP contribution is -2.38. The largest absolute Gasteiger partial charge is 0.383 e. The Morgan fingerprint density at radius 1 is 1.44 bits per heavy atom. The van der Waals surface area contributed by atoms with E-state index in [0.717, 1.165) is 23.6 Å². The van der Waals surface area contributed by atoms with Crippen LogP contribution in [0.2, 0.25) is 0 Å². The second-order valence-corrected chi connectivity index (χ2v) is 4.68. The summed E-state index contributed by atoms with van der Waals surface area (Å²) < 4.78 is 5.24. The van der Waals surface area contributed by atoms with Crippen LogP contribution in [0.1, 0.15) is 30.7 Å². The van der Waals surface area contributed by atoms with Gasteiger partial charge in [0.05, 0.1) is 12.6 Å². The molecule has 4 nitrogen and oxygen atoms in total. The van der Waals surface area contributed by atoms with Crippen molar-refractivity contribution >= 4 is 5.82 Å². The zero-order chi connectivity index (χ0) is 13.7. The summed E-state index contributed by atoms with van der Waals surface area (Å²) in [6.07, 6.45) is 0. The van der Waals surface area contributed by atoms with Crippen LogP contribution in [0, 0.1) is 13.8 Å². The van der Waals surface area contributed by atoms with Crippen molar-refractivity contribution in [3.63, 3.8) is 0 Å². The van der Waals surface area contributed by atoms with Crippen LogP contribution >= 0.6 is 0 Å². The number of pyridine rings is 1. The van der Waals surface area contributed by atoms with E-state index in [1.807, 2.05) is 6.92 Å². The maximum Gasteiger partial charge on any atom is 0.133 e. The minimum Gasteiger partial charge on any atom is -0.383 e. The van der Waals surface area contributed by atoms with Crippen LogP contribution in [0.25, 0.3) is 0 Å². The molecule has 102 valence electrons. The van der Waals surface area contributed by atoms with Crippen molar-refractivity contribution in [3.8, 4) is 0 Å². The van der Waals surface area contributed by atoms with Gasteiger partial charge >= 0.3 is 0 Å². The highest BCUT2D eigenvalue weighted by atomic mass is 16.5. The topological polar surface area (TPSA) is 51.4 Å². The molecular weight excluding hydrogens is 226 g/mol. The minimum absolute atomic E-state index is 0.291. The SMILES string of the molecule is CCN(c1nc(C)cc(C)c1CN)C(C)COC. The van der Waals surface area contributed by atoms with E-state index in [0.29, 0.717) is 19.2 Å². The van der Waals surface area contributed by atoms with Gasteiger partial charge in [-0.25, -0.2) is 4.98 Å². The van der Waals surface area contributed by atoms with Crippen molar-refractivity contribution in [1.82, 2.24) is 4.98 Å². The third kappa shape index (κ3) is 3.21. The Morgan fingerprint density at radius 3 is 2.61 bits per heavy atom. The van der Waals surface area contributed by atoms with Gasteiger partial charge in [-0.05, 0) is 39.3 Å². The van der Waals surface area contributed by atoms with Crippen molar-refractivity contribution in [2.75, 3.05) is 25.2 Å². The molecule has 1 aromatic rings. The number of aromatic nitrogens is 1. The van der Waals surface area contributed by atoms with Gasteiger partial charge in [0.25, 0.3) is 0 Å². The quantitative estimate of drug-likeness (QED) is 0.840. The van der Waals surface area contributed by atoms with Gasteiger partial charge in [-0.1, -0.05) is 0 Å². The van der Waals surface area contributed by atoms with Crippen LogP contribution in [-0.4, -0.2) is 31.3 Å². The number of nitrogens with two attached hydrogens (primary N) is 1. The fourth-order valence-corrected chi connectivity index (χ4v) is 2.33. The Bertz CT molecular complexity index is 393. The number of methoxy groups -OCH3 is 1. The normalized spacial score (nSPS) is 12.6. The number of likely N-dealkylation sites (N-methyl/N-ethyl adjacent to an activating group) is 1. The Labute approximate surface area is 110 Å². The lowest BCUT2D eigenvalue weighted by Gasteiger charge is -2.31. The van der Waals surface area contributed by atoms with Crippen LogP contribution < -0.4 is 10.6 Å². The first-order valence-corrected chi connectivity index (χ1v) is 6.47. The van der Waals surface area contributed by atoms with Gasteiger partial charge in [-0.2, -0.15) is 0 Å². The summed E-state index contributed by atoms with van der Waals surface area (Å²) in [7, 11) is 1.73. The van der Waals surface area contributed by atoms with E-state index in [1.165, 1.54) is 5.56 Å². The summed E-state index contributed by atoms with van der Waals surface area (Å²) in [5.74, 6) is 1.00. The fraction of sp³-hybridized carbons (Fsp3) is 0.643. The summed E-state index contributed by atoms with van der Waals surface area (Å²) in [6.45, 7) is 10.5. The predicted octanol–water partition coefficient (Wildman–Crippen LogP) is 2.02. The number of ether oxygens (including phenoxy) is 1. The third-order valence-corrected chi connectivity index (χ3v) is 3.21. The molecule has 0 radical (unpaired) electrons. The summed E-state index contributed by atoms with van der Waals surface area (Å²) >= 11 is 0. The maximum atomic E-state index is 5.87. The van der Waals surface area contributed by atoms with Gasteiger partial charge in [-0.15, -0.1) is 0 Å². The molecule has 1 atom stereocenters. The molecule has 0 aliphatic heterocycles. The molecule has 18 heavy (non-hydrogen) atoms. The predicted molar refractivity (Wildman–Crippen MR) is 76.0 cm³/mol. The second-order valence-electron chi connectivity index (χ2n) is 4.68. The summed E-state index contributed by atoms with van der Waals surface area (Å²) in [6, 6.07) is 2.37. The Hall–Kier alpha value is -1.13. The molecule has 0 saturated heterocycles. The maximum absolute atomic E-state index is 5.87. The molecule has 0 fully saturated rings. The first-order chi connectivity index (χ1) is 8.54. The molecule has 0 aliphatic carbocycles. The van der Waals surface area contributed by atoms with E-state index < -0.39 is 0 Å². The smallest absolute Gasteiger partial charge is 0.133 e. The molecule has 0 aromatic carbocycles. The lowest BCUT2D eigenvalue weighted by molar-refractivity contribution is 0.181. The molecule has 0 aliphatic rings. The van der Waals surface area contributed by atoms with Crippen LogP contribution in [0.15, 0.2) is 6.07 Å². The van der Waals surface area contributed by atoms with Crippen molar-refractivity contribution in [2.24, 2.45) is 5.73 Å². The molecule has 0 bridgehead atoms. The van der Waals surface area contributed by atoms with Crippen molar-refractivity contribution in [1.29, 1.82) is 0 Å². The highest BCUT2D eigenvalue weighted by Gasteiger charge is 2.18. The van der Waals surface area contributed by atoms with Crippen molar-refractivity contribution in [2.45, 2.75) is 40.3 Å². The molecule has 2 N–H and O–H groups in total. The third-order valence-electron chi connectivity index (χ3n) is 3.21. The zero-order valence-electron chi connectivity index (χ0n) is 12.2. The van der Waals surface area contributed by atoms with Crippen LogP contribution in [0.5, 0.6) is 0 Å². The Morgan fingerprint density at radius 2 is 2.11 bits per heavy atom. The monoisotopic (exact) mass is 251 g/mol. The summed E-state index contributed by atoms with van der Waals surface area (Å²) in [5, 5.41) is 0. The number of hydrogen-bond acceptors (Lipinski definition) is 4. The molecule has 0 spiro atoms. The summed E-state index contributed by atoms with van der Waals surface area (Å²) in [4.78, 5) is 6.93.